The van der Waals surface area contributed by atoms with Crippen LogP contribution in [0.2, 0.25) is 0 Å². The molecule has 0 radical (unpaired) electrons. The highest BCUT2D eigenvalue weighted by Gasteiger charge is 2.43. The minimum atomic E-state index is -4.38. The van der Waals surface area contributed by atoms with E-state index in [1.165, 1.54) is 30.3 Å². The molecule has 1 aliphatic heterocycles. The molecule has 0 saturated carbocycles. The fourth-order valence-corrected chi connectivity index (χ4v) is 8.06. The highest BCUT2D eigenvalue weighted by molar-refractivity contribution is 7.94. The molecule has 4 rings (SSSR count). The van der Waals surface area contributed by atoms with Gasteiger partial charge in [-0.3, -0.25) is 0 Å². The van der Waals surface area contributed by atoms with Crippen LogP contribution in [-0.2, 0) is 19.9 Å². The first-order valence-electron chi connectivity index (χ1n) is 11.4. The van der Waals surface area contributed by atoms with E-state index in [0.29, 0.717) is 5.75 Å². The van der Waals surface area contributed by atoms with Crippen molar-refractivity contribution in [2.45, 2.75) is 35.9 Å². The van der Waals surface area contributed by atoms with Crippen LogP contribution in [0.25, 0.3) is 0 Å². The van der Waals surface area contributed by atoms with Crippen molar-refractivity contribution >= 4 is 19.9 Å². The van der Waals surface area contributed by atoms with Gasteiger partial charge in [0.1, 0.15) is 21.8 Å². The Labute approximate surface area is 212 Å². The standard InChI is InChI=1S/C26H27N3O5S2/c1-18-4-7-23(8-5-18)35(30,31)26-17-28-10-11-29(26)36(32,33)25-15-21(16-27)6-9-24(25)34-22-13-19(2)12-20(3)14-22/h4-9,12-15,26,28H,10-11,17H2,1-3H3. The number of sulfone groups is 1. The van der Waals surface area contributed by atoms with Crippen LogP contribution in [0.15, 0.2) is 70.5 Å². The SMILES string of the molecule is Cc1ccc(S(=O)(=O)C2CNCCN2S(=O)(=O)c2cc(C#N)ccc2Oc2cc(C)cc(C)c2)cc1. The zero-order chi connectivity index (χ0) is 26.1. The van der Waals surface area contributed by atoms with Crippen molar-refractivity contribution in [2.24, 2.45) is 0 Å². The molecule has 8 nitrogen and oxygen atoms in total. The Hall–Kier alpha value is -3.23. The van der Waals surface area contributed by atoms with Crippen LogP contribution >= 0.6 is 0 Å². The van der Waals surface area contributed by atoms with Crippen LogP contribution in [0, 0.1) is 32.1 Å². The maximum absolute atomic E-state index is 14.0. The first-order valence-corrected chi connectivity index (χ1v) is 14.3. The van der Waals surface area contributed by atoms with Crippen molar-refractivity contribution in [3.8, 4) is 17.6 Å². The zero-order valence-electron chi connectivity index (χ0n) is 20.2. The minimum Gasteiger partial charge on any atom is -0.456 e. The summed E-state index contributed by atoms with van der Waals surface area (Å²) in [6.07, 6.45) is 0. The van der Waals surface area contributed by atoms with Crippen molar-refractivity contribution < 1.29 is 21.6 Å². The van der Waals surface area contributed by atoms with Gasteiger partial charge in [-0.2, -0.15) is 9.57 Å². The second-order valence-corrected chi connectivity index (χ2v) is 12.8. The van der Waals surface area contributed by atoms with Crippen LogP contribution in [0.1, 0.15) is 22.3 Å². The highest BCUT2D eigenvalue weighted by Crippen LogP contribution is 2.35. The summed E-state index contributed by atoms with van der Waals surface area (Å²) in [5.41, 5.74) is 2.89. The van der Waals surface area contributed by atoms with Gasteiger partial charge in [-0.1, -0.05) is 23.8 Å². The summed E-state index contributed by atoms with van der Waals surface area (Å²) in [4.78, 5) is -0.216. The van der Waals surface area contributed by atoms with Crippen molar-refractivity contribution in [3.05, 3.63) is 82.9 Å². The molecule has 0 spiro atoms. The van der Waals surface area contributed by atoms with Gasteiger partial charge in [0.25, 0.3) is 0 Å². The predicted molar refractivity (Wildman–Crippen MR) is 136 cm³/mol. The number of ether oxygens (including phenoxy) is 1. The number of rotatable bonds is 6. The summed E-state index contributed by atoms with van der Waals surface area (Å²) in [5.74, 6) is 0.460. The van der Waals surface area contributed by atoms with E-state index >= 15 is 0 Å². The number of hydrogen-bond acceptors (Lipinski definition) is 7. The van der Waals surface area contributed by atoms with Crippen LogP contribution < -0.4 is 10.1 Å². The summed E-state index contributed by atoms with van der Waals surface area (Å²) in [7, 11) is -8.42. The number of hydrogen-bond donors (Lipinski definition) is 1. The molecule has 0 bridgehead atoms. The molecule has 36 heavy (non-hydrogen) atoms. The predicted octanol–water partition coefficient (Wildman–Crippen LogP) is 3.67. The highest BCUT2D eigenvalue weighted by atomic mass is 32.2. The van der Waals surface area contributed by atoms with Crippen molar-refractivity contribution in [3.63, 3.8) is 0 Å². The average molecular weight is 526 g/mol. The fraction of sp³-hybridized carbons (Fsp3) is 0.269. The van der Waals surface area contributed by atoms with Gasteiger partial charge >= 0.3 is 0 Å². The third kappa shape index (κ3) is 5.15. The Morgan fingerprint density at radius 1 is 0.917 bits per heavy atom. The summed E-state index contributed by atoms with van der Waals surface area (Å²) < 4.78 is 62.0. The summed E-state index contributed by atoms with van der Waals surface area (Å²) in [6, 6.07) is 17.9. The largest absolute Gasteiger partial charge is 0.456 e. The number of sulfonamides is 1. The number of piperazine rings is 1. The molecule has 1 fully saturated rings. The van der Waals surface area contributed by atoms with Gasteiger partial charge in [-0.15, -0.1) is 0 Å². The molecule has 1 aliphatic rings. The Kier molecular flexibility index (Phi) is 7.20. The van der Waals surface area contributed by atoms with Crippen LogP contribution in [0.3, 0.4) is 0 Å². The first kappa shape index (κ1) is 25.9. The van der Waals surface area contributed by atoms with E-state index in [1.807, 2.05) is 32.9 Å². The Balaban J connectivity index is 1.80. The van der Waals surface area contributed by atoms with Crippen LogP contribution in [0.5, 0.6) is 11.5 Å². The molecular weight excluding hydrogens is 498 g/mol. The molecule has 3 aromatic carbocycles. The Bertz CT molecular complexity index is 1520. The Morgan fingerprint density at radius 2 is 1.58 bits per heavy atom. The molecule has 10 heteroatoms. The molecule has 0 aliphatic carbocycles. The lowest BCUT2D eigenvalue weighted by Crippen LogP contribution is -2.56. The third-order valence-electron chi connectivity index (χ3n) is 5.94. The number of nitrogens with zero attached hydrogens (tertiary/aromatic N) is 2. The van der Waals surface area contributed by atoms with Gasteiger partial charge in [0.2, 0.25) is 10.0 Å². The third-order valence-corrected chi connectivity index (χ3v) is 10.1. The van der Waals surface area contributed by atoms with Crippen molar-refractivity contribution in [2.75, 3.05) is 19.6 Å². The second kappa shape index (κ2) is 10.0. The van der Waals surface area contributed by atoms with Gasteiger partial charge in [0.15, 0.2) is 9.84 Å². The lowest BCUT2D eigenvalue weighted by atomic mass is 10.1. The summed E-state index contributed by atoms with van der Waals surface area (Å²) >= 11 is 0. The van der Waals surface area contributed by atoms with Gasteiger partial charge in [0, 0.05) is 19.6 Å². The summed E-state index contributed by atoms with van der Waals surface area (Å²) in [5, 5.41) is 11.1. The monoisotopic (exact) mass is 525 g/mol. The van der Waals surface area contributed by atoms with Crippen LogP contribution in [-0.4, -0.2) is 46.1 Å². The molecule has 1 N–H and O–H groups in total. The van der Waals surface area contributed by atoms with E-state index in [4.69, 9.17) is 4.74 Å². The molecule has 0 aromatic heterocycles. The number of nitriles is 1. The maximum Gasteiger partial charge on any atom is 0.248 e. The smallest absolute Gasteiger partial charge is 0.248 e. The molecule has 1 unspecified atom stereocenters. The molecule has 1 atom stereocenters. The molecule has 1 saturated heterocycles. The fourth-order valence-electron chi connectivity index (χ4n) is 4.19. The molecule has 3 aromatic rings. The van der Waals surface area contributed by atoms with Crippen LogP contribution in [0.4, 0.5) is 0 Å². The lowest BCUT2D eigenvalue weighted by molar-refractivity contribution is 0.321. The van der Waals surface area contributed by atoms with E-state index in [9.17, 15) is 22.1 Å². The minimum absolute atomic E-state index is 0.0176. The molecule has 188 valence electrons. The van der Waals surface area contributed by atoms with E-state index in [0.717, 1.165) is 21.0 Å². The number of nitrogens with one attached hydrogen (secondary N) is 1. The summed E-state index contributed by atoms with van der Waals surface area (Å²) in [6.45, 7) is 5.80. The topological polar surface area (TPSA) is 117 Å². The van der Waals surface area contributed by atoms with Gasteiger partial charge < -0.3 is 10.1 Å². The lowest BCUT2D eigenvalue weighted by Gasteiger charge is -2.35. The second-order valence-electron chi connectivity index (χ2n) is 8.83. The van der Waals surface area contributed by atoms with E-state index in [-0.39, 0.29) is 40.7 Å². The van der Waals surface area contributed by atoms with Gasteiger partial charge in [-0.05, 0) is 74.4 Å². The Morgan fingerprint density at radius 3 is 2.22 bits per heavy atom. The average Bonchev–Trinajstić information content (AvgIpc) is 2.84. The van der Waals surface area contributed by atoms with E-state index in [1.54, 1.807) is 24.3 Å². The maximum atomic E-state index is 14.0. The quantitative estimate of drug-likeness (QED) is 0.522. The molecule has 1 heterocycles. The van der Waals surface area contributed by atoms with Crippen molar-refractivity contribution in [1.29, 1.82) is 5.26 Å². The zero-order valence-corrected chi connectivity index (χ0v) is 21.9. The van der Waals surface area contributed by atoms with Gasteiger partial charge in [-0.25, -0.2) is 16.8 Å². The van der Waals surface area contributed by atoms with Crippen molar-refractivity contribution in [1.82, 2.24) is 9.62 Å². The van der Waals surface area contributed by atoms with E-state index < -0.39 is 25.2 Å². The first-order chi connectivity index (χ1) is 17.0. The number of aryl methyl sites for hydroxylation is 3. The number of benzene rings is 3. The molecular formula is C26H27N3O5S2. The molecule has 0 amide bonds. The van der Waals surface area contributed by atoms with E-state index in [2.05, 4.69) is 5.32 Å². The normalized spacial score (nSPS) is 16.9. The van der Waals surface area contributed by atoms with Gasteiger partial charge in [0.05, 0.1) is 16.5 Å².